The molecule has 0 radical (unpaired) electrons. The quantitative estimate of drug-likeness (QED) is 0.862. The molecule has 1 aromatic rings. The molecule has 18 heavy (non-hydrogen) atoms. The van der Waals surface area contributed by atoms with Crippen molar-refractivity contribution >= 4 is 23.4 Å². The second-order valence-corrected chi connectivity index (χ2v) is 5.73. The second-order valence-electron chi connectivity index (χ2n) is 4.70. The van der Waals surface area contributed by atoms with Gasteiger partial charge in [0.05, 0.1) is 6.04 Å². The smallest absolute Gasteiger partial charge is 0.242 e. The molecule has 1 heterocycles. The monoisotopic (exact) mass is 265 g/mol. The van der Waals surface area contributed by atoms with Crippen molar-refractivity contribution in [2.75, 3.05) is 31.0 Å². The fraction of sp³-hybridized carbons (Fsp3) is 0.462. The Kier molecular flexibility index (Phi) is 4.63. The predicted molar refractivity (Wildman–Crippen MR) is 76.7 cm³/mol. The van der Waals surface area contributed by atoms with Crippen LogP contribution in [0.15, 0.2) is 24.3 Å². The van der Waals surface area contributed by atoms with E-state index < -0.39 is 0 Å². The predicted octanol–water partition coefficient (Wildman–Crippen LogP) is 1.35. The van der Waals surface area contributed by atoms with E-state index in [1.165, 1.54) is 5.56 Å². The van der Waals surface area contributed by atoms with Crippen molar-refractivity contribution in [2.24, 2.45) is 0 Å². The van der Waals surface area contributed by atoms with Gasteiger partial charge in [0.15, 0.2) is 0 Å². The highest BCUT2D eigenvalue weighted by atomic mass is 32.2. The number of carbonyl (C=O) groups excluding carboxylic acids is 1. The Hall–Kier alpha value is -1.04. The molecule has 1 aromatic carbocycles. The number of thioether (sulfide) groups is 1. The van der Waals surface area contributed by atoms with Gasteiger partial charge >= 0.3 is 0 Å². The van der Waals surface area contributed by atoms with Crippen molar-refractivity contribution in [2.45, 2.75) is 12.6 Å². The maximum atomic E-state index is 12.0. The maximum Gasteiger partial charge on any atom is 0.242 e. The Morgan fingerprint density at radius 2 is 2.39 bits per heavy atom. The van der Waals surface area contributed by atoms with Gasteiger partial charge in [-0.1, -0.05) is 12.1 Å². The largest absolute Gasteiger partial charge is 0.325 e. The molecule has 5 heteroatoms. The summed E-state index contributed by atoms with van der Waals surface area (Å²) < 4.78 is 0. The van der Waals surface area contributed by atoms with Crippen LogP contribution in [-0.4, -0.2) is 42.6 Å². The van der Waals surface area contributed by atoms with Crippen molar-refractivity contribution in [3.05, 3.63) is 29.8 Å². The van der Waals surface area contributed by atoms with Gasteiger partial charge in [-0.25, -0.2) is 0 Å². The average Bonchev–Trinajstić information content (AvgIpc) is 2.81. The second kappa shape index (κ2) is 6.22. The molecule has 1 fully saturated rings. The molecule has 1 aliphatic rings. The fourth-order valence-electron chi connectivity index (χ4n) is 1.91. The number of amides is 1. The Bertz CT molecular complexity index is 416. The Morgan fingerprint density at radius 3 is 3.06 bits per heavy atom. The minimum atomic E-state index is -0.0625. The van der Waals surface area contributed by atoms with Gasteiger partial charge in [0.1, 0.15) is 0 Å². The highest BCUT2D eigenvalue weighted by Gasteiger charge is 2.22. The zero-order valence-electron chi connectivity index (χ0n) is 10.8. The van der Waals surface area contributed by atoms with Crippen LogP contribution in [0.5, 0.6) is 0 Å². The number of hydrogen-bond acceptors (Lipinski definition) is 4. The van der Waals surface area contributed by atoms with Crippen molar-refractivity contribution in [3.8, 4) is 0 Å². The van der Waals surface area contributed by atoms with E-state index in [4.69, 9.17) is 0 Å². The zero-order valence-corrected chi connectivity index (χ0v) is 11.6. The first kappa shape index (κ1) is 13.4. The summed E-state index contributed by atoms with van der Waals surface area (Å²) in [6.45, 7) is 0.876. The lowest BCUT2D eigenvalue weighted by molar-refractivity contribution is -0.117. The zero-order chi connectivity index (χ0) is 13.0. The van der Waals surface area contributed by atoms with E-state index in [2.05, 4.69) is 21.6 Å². The van der Waals surface area contributed by atoms with E-state index in [0.717, 1.165) is 23.9 Å². The van der Waals surface area contributed by atoms with Crippen LogP contribution in [0.2, 0.25) is 0 Å². The third-order valence-electron chi connectivity index (χ3n) is 2.73. The van der Waals surface area contributed by atoms with Crippen LogP contribution in [-0.2, 0) is 11.3 Å². The van der Waals surface area contributed by atoms with E-state index in [1.54, 1.807) is 11.8 Å². The van der Waals surface area contributed by atoms with Crippen molar-refractivity contribution in [1.82, 2.24) is 10.2 Å². The van der Waals surface area contributed by atoms with Crippen LogP contribution in [0.3, 0.4) is 0 Å². The molecule has 1 unspecified atom stereocenters. The lowest BCUT2D eigenvalue weighted by atomic mass is 10.2. The van der Waals surface area contributed by atoms with Crippen LogP contribution in [0.4, 0.5) is 5.69 Å². The minimum absolute atomic E-state index is 0.0574. The maximum absolute atomic E-state index is 12.0. The molecule has 1 saturated heterocycles. The molecule has 0 spiro atoms. The van der Waals surface area contributed by atoms with Gasteiger partial charge in [-0.2, -0.15) is 0 Å². The number of hydrogen-bond donors (Lipinski definition) is 2. The summed E-state index contributed by atoms with van der Waals surface area (Å²) in [6.07, 6.45) is 0. The Morgan fingerprint density at radius 1 is 1.56 bits per heavy atom. The number of nitrogens with one attached hydrogen (secondary N) is 2. The summed E-state index contributed by atoms with van der Waals surface area (Å²) in [7, 11) is 4.07. The fourth-order valence-corrected chi connectivity index (χ4v) is 2.85. The topological polar surface area (TPSA) is 44.4 Å². The number of rotatable bonds is 4. The molecule has 0 bridgehead atoms. The summed E-state index contributed by atoms with van der Waals surface area (Å²) in [4.78, 5) is 14.1. The first-order chi connectivity index (χ1) is 8.65. The van der Waals surface area contributed by atoms with Crippen molar-refractivity contribution in [3.63, 3.8) is 0 Å². The third-order valence-corrected chi connectivity index (χ3v) is 3.67. The number of benzene rings is 1. The van der Waals surface area contributed by atoms with Crippen LogP contribution < -0.4 is 10.6 Å². The van der Waals surface area contributed by atoms with Crippen molar-refractivity contribution in [1.29, 1.82) is 0 Å². The average molecular weight is 265 g/mol. The van der Waals surface area contributed by atoms with E-state index in [9.17, 15) is 4.79 Å². The molecule has 0 aliphatic carbocycles. The molecular formula is C13H19N3OS. The van der Waals surface area contributed by atoms with Gasteiger partial charge in [0, 0.05) is 23.9 Å². The van der Waals surface area contributed by atoms with Crippen LogP contribution in [0.25, 0.3) is 0 Å². The number of carbonyl (C=O) groups is 1. The van der Waals surface area contributed by atoms with Gasteiger partial charge in [-0.3, -0.25) is 10.1 Å². The molecule has 98 valence electrons. The van der Waals surface area contributed by atoms with Crippen molar-refractivity contribution < 1.29 is 4.79 Å². The van der Waals surface area contributed by atoms with Gasteiger partial charge in [-0.15, -0.1) is 11.8 Å². The Labute approximate surface area is 112 Å². The molecule has 2 rings (SSSR count). The minimum Gasteiger partial charge on any atom is -0.325 e. The molecule has 1 atom stereocenters. The summed E-state index contributed by atoms with van der Waals surface area (Å²) in [5.41, 5.74) is 2.07. The van der Waals surface area contributed by atoms with E-state index >= 15 is 0 Å². The molecule has 0 saturated carbocycles. The summed E-state index contributed by atoms with van der Waals surface area (Å²) in [5, 5.41) is 6.13. The molecule has 1 aliphatic heterocycles. The molecular weight excluding hydrogens is 246 g/mol. The lowest BCUT2D eigenvalue weighted by Crippen LogP contribution is -2.37. The van der Waals surface area contributed by atoms with Crippen LogP contribution >= 0.6 is 11.8 Å². The van der Waals surface area contributed by atoms with E-state index in [1.807, 2.05) is 32.3 Å². The van der Waals surface area contributed by atoms with Gasteiger partial charge in [0.25, 0.3) is 0 Å². The van der Waals surface area contributed by atoms with Gasteiger partial charge < -0.3 is 10.2 Å². The highest BCUT2D eigenvalue weighted by Crippen LogP contribution is 2.15. The molecule has 0 aromatic heterocycles. The van der Waals surface area contributed by atoms with Crippen LogP contribution in [0.1, 0.15) is 5.56 Å². The standard InChI is InChI=1S/C13H19N3OS/c1-16(2)7-10-4-3-5-11(6-10)15-13(17)12-8-18-9-14-12/h3-6,12,14H,7-9H2,1-2H3,(H,15,17). The summed E-state index contributed by atoms with van der Waals surface area (Å²) in [5.74, 6) is 1.77. The molecule has 1 amide bonds. The molecule has 2 N–H and O–H groups in total. The first-order valence-corrected chi connectivity index (χ1v) is 7.16. The number of nitrogens with zero attached hydrogens (tertiary/aromatic N) is 1. The van der Waals surface area contributed by atoms with E-state index in [-0.39, 0.29) is 11.9 Å². The van der Waals surface area contributed by atoms with Gasteiger partial charge in [-0.05, 0) is 31.8 Å². The number of anilines is 1. The molecule has 4 nitrogen and oxygen atoms in total. The lowest BCUT2D eigenvalue weighted by Gasteiger charge is -2.13. The highest BCUT2D eigenvalue weighted by molar-refractivity contribution is 7.99. The summed E-state index contributed by atoms with van der Waals surface area (Å²) >= 11 is 1.75. The Balaban J connectivity index is 1.97. The summed E-state index contributed by atoms with van der Waals surface area (Å²) in [6, 6.07) is 7.94. The van der Waals surface area contributed by atoms with Crippen LogP contribution in [0, 0.1) is 0 Å². The third kappa shape index (κ3) is 3.73. The first-order valence-electron chi connectivity index (χ1n) is 6.01. The van der Waals surface area contributed by atoms with Gasteiger partial charge in [0.2, 0.25) is 5.91 Å². The SMILES string of the molecule is CN(C)Cc1cccc(NC(=O)C2CSCN2)c1. The van der Waals surface area contributed by atoms with E-state index in [0.29, 0.717) is 0 Å². The normalized spacial score (nSPS) is 19.2.